The molecule has 2 amide bonds. The molecule has 1 aliphatic carbocycles. The number of likely N-dealkylation sites (tertiary alicyclic amines) is 1. The highest BCUT2D eigenvalue weighted by atomic mass is 16.2. The first-order chi connectivity index (χ1) is 10.7. The van der Waals surface area contributed by atoms with Crippen LogP contribution >= 0.6 is 0 Å². The average Bonchev–Trinajstić information content (AvgIpc) is 2.72. The Bertz CT molecular complexity index is 413. The van der Waals surface area contributed by atoms with Crippen LogP contribution in [0, 0.1) is 11.8 Å². The second kappa shape index (κ2) is 7.44. The number of rotatable bonds is 3. The molecule has 0 radical (unpaired) electrons. The van der Waals surface area contributed by atoms with E-state index in [1.54, 1.807) is 0 Å². The molecule has 5 heteroatoms. The predicted molar refractivity (Wildman–Crippen MR) is 85.3 cm³/mol. The highest BCUT2D eigenvalue weighted by Gasteiger charge is 2.32. The molecule has 2 N–H and O–H groups in total. The zero-order valence-electron chi connectivity index (χ0n) is 13.5. The van der Waals surface area contributed by atoms with E-state index in [0.29, 0.717) is 6.54 Å². The van der Waals surface area contributed by atoms with Gasteiger partial charge in [0.15, 0.2) is 0 Å². The van der Waals surface area contributed by atoms with E-state index in [0.717, 1.165) is 50.7 Å². The lowest BCUT2D eigenvalue weighted by molar-refractivity contribution is -0.129. The molecule has 2 saturated heterocycles. The number of amides is 2. The minimum absolute atomic E-state index is 0.0105. The van der Waals surface area contributed by atoms with Gasteiger partial charge in [0.1, 0.15) is 6.04 Å². The van der Waals surface area contributed by atoms with Crippen molar-refractivity contribution < 1.29 is 9.59 Å². The largest absolute Gasteiger partial charge is 0.354 e. The quantitative estimate of drug-likeness (QED) is 0.826. The van der Waals surface area contributed by atoms with Crippen molar-refractivity contribution >= 4 is 11.8 Å². The fraction of sp³-hybridized carbons (Fsp3) is 0.882. The second-order valence-corrected chi connectivity index (χ2v) is 7.24. The van der Waals surface area contributed by atoms with Crippen molar-refractivity contribution in [3.05, 3.63) is 0 Å². The molecule has 0 aromatic rings. The van der Waals surface area contributed by atoms with E-state index in [1.165, 1.54) is 32.1 Å². The van der Waals surface area contributed by atoms with Crippen molar-refractivity contribution in [3.8, 4) is 0 Å². The summed E-state index contributed by atoms with van der Waals surface area (Å²) in [6.45, 7) is 3.29. The summed E-state index contributed by atoms with van der Waals surface area (Å²) >= 11 is 0. The van der Waals surface area contributed by atoms with Crippen LogP contribution in [0.3, 0.4) is 0 Å². The van der Waals surface area contributed by atoms with Crippen LogP contribution in [0.2, 0.25) is 0 Å². The summed E-state index contributed by atoms with van der Waals surface area (Å²) in [5, 5.41) is 5.81. The molecule has 0 bridgehead atoms. The summed E-state index contributed by atoms with van der Waals surface area (Å²) in [6, 6.07) is -0.331. The highest BCUT2D eigenvalue weighted by Crippen LogP contribution is 2.35. The van der Waals surface area contributed by atoms with Crippen LogP contribution in [0.1, 0.15) is 51.4 Å². The van der Waals surface area contributed by atoms with Crippen molar-refractivity contribution in [3.63, 3.8) is 0 Å². The summed E-state index contributed by atoms with van der Waals surface area (Å²) in [4.78, 5) is 26.4. The van der Waals surface area contributed by atoms with Gasteiger partial charge in [-0.3, -0.25) is 14.5 Å². The molecule has 3 rings (SSSR count). The van der Waals surface area contributed by atoms with Crippen molar-refractivity contribution in [2.24, 2.45) is 11.8 Å². The number of hydrogen-bond acceptors (Lipinski definition) is 3. The van der Waals surface area contributed by atoms with Crippen LogP contribution in [0.15, 0.2) is 0 Å². The summed E-state index contributed by atoms with van der Waals surface area (Å²) in [5.41, 5.74) is 0. The Kier molecular flexibility index (Phi) is 5.34. The zero-order valence-corrected chi connectivity index (χ0v) is 13.5. The molecular formula is C17H29N3O2. The number of carbonyl (C=O) groups is 2. The molecule has 3 aliphatic rings. The van der Waals surface area contributed by atoms with E-state index in [2.05, 4.69) is 15.5 Å². The molecule has 2 heterocycles. The van der Waals surface area contributed by atoms with Crippen LogP contribution < -0.4 is 10.6 Å². The minimum atomic E-state index is -0.331. The van der Waals surface area contributed by atoms with Gasteiger partial charge in [0.25, 0.3) is 0 Å². The van der Waals surface area contributed by atoms with E-state index < -0.39 is 0 Å². The van der Waals surface area contributed by atoms with Crippen LogP contribution in [0.4, 0.5) is 0 Å². The SMILES string of the molecule is O=C(CN1CCC2CCCCC2C1)NC1CCCCNC1=O. The van der Waals surface area contributed by atoms with Gasteiger partial charge in [-0.2, -0.15) is 0 Å². The van der Waals surface area contributed by atoms with E-state index in [4.69, 9.17) is 0 Å². The molecule has 22 heavy (non-hydrogen) atoms. The first kappa shape index (κ1) is 15.8. The third-order valence-corrected chi connectivity index (χ3v) is 5.61. The third kappa shape index (κ3) is 4.00. The fourth-order valence-electron chi connectivity index (χ4n) is 4.34. The minimum Gasteiger partial charge on any atom is -0.354 e. The van der Waals surface area contributed by atoms with Gasteiger partial charge in [-0.25, -0.2) is 0 Å². The molecule has 5 nitrogen and oxygen atoms in total. The maximum atomic E-state index is 12.3. The van der Waals surface area contributed by atoms with Crippen LogP contribution in [-0.4, -0.2) is 48.9 Å². The first-order valence-electron chi connectivity index (χ1n) is 9.02. The molecule has 1 saturated carbocycles. The summed E-state index contributed by atoms with van der Waals surface area (Å²) in [7, 11) is 0. The van der Waals surface area contributed by atoms with Crippen molar-refractivity contribution in [1.82, 2.24) is 15.5 Å². The number of piperidine rings is 1. The van der Waals surface area contributed by atoms with Gasteiger partial charge in [0.05, 0.1) is 6.54 Å². The molecule has 0 aromatic carbocycles. The Morgan fingerprint density at radius 3 is 2.73 bits per heavy atom. The molecule has 3 atom stereocenters. The summed E-state index contributed by atoms with van der Waals surface area (Å²) < 4.78 is 0. The van der Waals surface area contributed by atoms with E-state index in [9.17, 15) is 9.59 Å². The van der Waals surface area contributed by atoms with Crippen LogP contribution in [0.25, 0.3) is 0 Å². The molecule has 0 spiro atoms. The second-order valence-electron chi connectivity index (χ2n) is 7.24. The van der Waals surface area contributed by atoms with Crippen LogP contribution in [-0.2, 0) is 9.59 Å². The molecular weight excluding hydrogens is 278 g/mol. The molecule has 124 valence electrons. The van der Waals surface area contributed by atoms with Crippen LogP contribution in [0.5, 0.6) is 0 Å². The van der Waals surface area contributed by atoms with Gasteiger partial charge in [0, 0.05) is 13.1 Å². The van der Waals surface area contributed by atoms with Gasteiger partial charge in [0.2, 0.25) is 11.8 Å². The maximum absolute atomic E-state index is 12.3. The monoisotopic (exact) mass is 307 g/mol. The predicted octanol–water partition coefficient (Wildman–Crippen LogP) is 1.28. The van der Waals surface area contributed by atoms with Crippen molar-refractivity contribution in [1.29, 1.82) is 0 Å². The molecule has 3 fully saturated rings. The highest BCUT2D eigenvalue weighted by molar-refractivity contribution is 5.88. The lowest BCUT2D eigenvalue weighted by atomic mass is 9.75. The third-order valence-electron chi connectivity index (χ3n) is 5.61. The Balaban J connectivity index is 1.46. The van der Waals surface area contributed by atoms with Crippen molar-refractivity contribution in [2.75, 3.05) is 26.2 Å². The average molecular weight is 307 g/mol. The fourth-order valence-corrected chi connectivity index (χ4v) is 4.34. The lowest BCUT2D eigenvalue weighted by Crippen LogP contribution is -2.50. The molecule has 2 aliphatic heterocycles. The van der Waals surface area contributed by atoms with Gasteiger partial charge < -0.3 is 10.6 Å². The van der Waals surface area contributed by atoms with Gasteiger partial charge in [-0.15, -0.1) is 0 Å². The van der Waals surface area contributed by atoms with Gasteiger partial charge >= 0.3 is 0 Å². The standard InChI is InChI=1S/C17H29N3O2/c21-16(19-15-7-3-4-9-18-17(15)22)12-20-10-8-13-5-1-2-6-14(13)11-20/h13-15H,1-12H2,(H,18,22)(H,19,21). The number of hydrogen-bond donors (Lipinski definition) is 2. The number of fused-ring (bicyclic) bond motifs is 1. The summed E-state index contributed by atoms with van der Waals surface area (Å²) in [6.07, 6.45) is 9.46. The van der Waals surface area contributed by atoms with E-state index in [-0.39, 0.29) is 17.9 Å². The van der Waals surface area contributed by atoms with Gasteiger partial charge in [-0.1, -0.05) is 19.3 Å². The lowest BCUT2D eigenvalue weighted by Gasteiger charge is -2.41. The van der Waals surface area contributed by atoms with Crippen molar-refractivity contribution in [2.45, 2.75) is 57.4 Å². The van der Waals surface area contributed by atoms with E-state index in [1.807, 2.05) is 0 Å². The maximum Gasteiger partial charge on any atom is 0.242 e. The Labute approximate surface area is 133 Å². The molecule has 3 unspecified atom stereocenters. The number of nitrogens with zero attached hydrogens (tertiary/aromatic N) is 1. The first-order valence-corrected chi connectivity index (χ1v) is 9.02. The van der Waals surface area contributed by atoms with Gasteiger partial charge in [-0.05, 0) is 50.5 Å². The topological polar surface area (TPSA) is 61.4 Å². The Morgan fingerprint density at radius 1 is 1.09 bits per heavy atom. The number of nitrogens with one attached hydrogen (secondary N) is 2. The smallest absolute Gasteiger partial charge is 0.242 e. The Morgan fingerprint density at radius 2 is 1.86 bits per heavy atom. The number of carbonyl (C=O) groups excluding carboxylic acids is 2. The summed E-state index contributed by atoms with van der Waals surface area (Å²) in [5.74, 6) is 1.67. The molecule has 0 aromatic heterocycles. The Hall–Kier alpha value is -1.10. The normalized spacial score (nSPS) is 33.5. The van der Waals surface area contributed by atoms with E-state index >= 15 is 0 Å². The zero-order chi connectivity index (χ0) is 15.4.